The molecule has 0 bridgehead atoms. The molecule has 0 unspecified atom stereocenters. The smallest absolute Gasteiger partial charge is 0.119 e. The van der Waals surface area contributed by atoms with Crippen LogP contribution < -0.4 is 4.74 Å². The van der Waals surface area contributed by atoms with Crippen LogP contribution in [-0.2, 0) is 6.42 Å². The molecule has 0 radical (unpaired) electrons. The Kier molecular flexibility index (Phi) is 8.21. The van der Waals surface area contributed by atoms with Gasteiger partial charge in [0.05, 0.1) is 6.61 Å². The van der Waals surface area contributed by atoms with E-state index in [4.69, 9.17) is 4.74 Å². The fourth-order valence-corrected chi connectivity index (χ4v) is 1.96. The first-order valence-electron chi connectivity index (χ1n) is 7.50. The molecule has 0 aromatic heterocycles. The third-order valence-corrected chi connectivity index (χ3v) is 3.08. The third kappa shape index (κ3) is 6.42. The maximum absolute atomic E-state index is 5.80. The lowest BCUT2D eigenvalue weighted by Crippen LogP contribution is -1.98. The number of ether oxygens (including phenoxy) is 1. The van der Waals surface area contributed by atoms with Crippen molar-refractivity contribution in [2.75, 3.05) is 6.61 Å². The summed E-state index contributed by atoms with van der Waals surface area (Å²) in [6, 6.07) is 8.34. The molecule has 1 nitrogen and oxygen atoms in total. The van der Waals surface area contributed by atoms with Gasteiger partial charge < -0.3 is 4.74 Å². The molecule has 1 aromatic rings. The molecular formula is C19H26O. The summed E-state index contributed by atoms with van der Waals surface area (Å²) in [4.78, 5) is 0. The Morgan fingerprint density at radius 3 is 2.85 bits per heavy atom. The SMILES string of the molecule is C=C/C=C(\C=C/CC)CCCOc1cccc(CC)c1. The van der Waals surface area contributed by atoms with Crippen LogP contribution in [0.2, 0.25) is 0 Å². The molecule has 108 valence electrons. The van der Waals surface area contributed by atoms with Crippen molar-refractivity contribution in [1.29, 1.82) is 0 Å². The van der Waals surface area contributed by atoms with Crippen LogP contribution in [-0.4, -0.2) is 6.61 Å². The lowest BCUT2D eigenvalue weighted by atomic mass is 10.1. The van der Waals surface area contributed by atoms with Crippen LogP contribution in [0.15, 0.2) is 60.7 Å². The zero-order valence-electron chi connectivity index (χ0n) is 12.8. The van der Waals surface area contributed by atoms with Crippen LogP contribution in [0.25, 0.3) is 0 Å². The van der Waals surface area contributed by atoms with E-state index in [-0.39, 0.29) is 0 Å². The molecule has 0 aliphatic carbocycles. The Bertz CT molecular complexity index is 455. The molecule has 0 fully saturated rings. The van der Waals surface area contributed by atoms with Gasteiger partial charge in [-0.1, -0.05) is 56.9 Å². The number of hydrogen-bond donors (Lipinski definition) is 0. The molecular weight excluding hydrogens is 244 g/mol. The van der Waals surface area contributed by atoms with Gasteiger partial charge in [-0.2, -0.15) is 0 Å². The normalized spacial score (nSPS) is 11.8. The van der Waals surface area contributed by atoms with E-state index in [1.165, 1.54) is 11.1 Å². The van der Waals surface area contributed by atoms with E-state index in [0.717, 1.165) is 38.0 Å². The van der Waals surface area contributed by atoms with Gasteiger partial charge in [-0.25, -0.2) is 0 Å². The summed E-state index contributed by atoms with van der Waals surface area (Å²) in [5.74, 6) is 0.975. The molecule has 1 heteroatoms. The maximum Gasteiger partial charge on any atom is 0.119 e. The van der Waals surface area contributed by atoms with E-state index in [1.807, 2.05) is 12.1 Å². The summed E-state index contributed by atoms with van der Waals surface area (Å²) >= 11 is 0. The Morgan fingerprint density at radius 1 is 1.30 bits per heavy atom. The molecule has 1 aromatic carbocycles. The van der Waals surface area contributed by atoms with Crippen LogP contribution in [0.1, 0.15) is 38.7 Å². The van der Waals surface area contributed by atoms with Gasteiger partial charge in [0, 0.05) is 0 Å². The summed E-state index contributed by atoms with van der Waals surface area (Å²) in [5.41, 5.74) is 2.63. The number of aryl methyl sites for hydroxylation is 1. The first-order valence-corrected chi connectivity index (χ1v) is 7.50. The van der Waals surface area contributed by atoms with Crippen molar-refractivity contribution >= 4 is 0 Å². The van der Waals surface area contributed by atoms with Gasteiger partial charge >= 0.3 is 0 Å². The second kappa shape index (κ2) is 10.1. The van der Waals surface area contributed by atoms with E-state index >= 15 is 0 Å². The Hall–Kier alpha value is -1.76. The van der Waals surface area contributed by atoms with Crippen LogP contribution >= 0.6 is 0 Å². The van der Waals surface area contributed by atoms with E-state index in [2.05, 4.69) is 56.9 Å². The predicted molar refractivity (Wildman–Crippen MR) is 88.3 cm³/mol. The second-order valence-electron chi connectivity index (χ2n) is 4.74. The van der Waals surface area contributed by atoms with E-state index < -0.39 is 0 Å². The summed E-state index contributed by atoms with van der Waals surface area (Å²) in [6.45, 7) is 8.82. The maximum atomic E-state index is 5.80. The van der Waals surface area contributed by atoms with Crippen molar-refractivity contribution in [2.24, 2.45) is 0 Å². The molecule has 20 heavy (non-hydrogen) atoms. The van der Waals surface area contributed by atoms with Gasteiger partial charge in [-0.05, 0) is 49.0 Å². The van der Waals surface area contributed by atoms with Gasteiger partial charge in [0.1, 0.15) is 5.75 Å². The molecule has 0 saturated carbocycles. The number of hydrogen-bond acceptors (Lipinski definition) is 1. The molecule has 0 aliphatic heterocycles. The standard InChI is InChI=1S/C19H26O/c1-4-7-11-18(10-5-2)13-9-15-20-19-14-8-12-17(6-3)16-19/h5,7-8,10-12,14,16H,2,4,6,9,13,15H2,1,3H3/b11-7-,18-10+. The monoisotopic (exact) mass is 270 g/mol. The molecule has 0 spiro atoms. The quantitative estimate of drug-likeness (QED) is 0.426. The topological polar surface area (TPSA) is 9.23 Å². The van der Waals surface area contributed by atoms with Gasteiger partial charge in [-0.3, -0.25) is 0 Å². The number of benzene rings is 1. The summed E-state index contributed by atoms with van der Waals surface area (Å²) in [5, 5.41) is 0. The van der Waals surface area contributed by atoms with Crippen LogP contribution in [0.3, 0.4) is 0 Å². The Balaban J connectivity index is 2.37. The van der Waals surface area contributed by atoms with E-state index in [9.17, 15) is 0 Å². The van der Waals surface area contributed by atoms with Crippen molar-refractivity contribution in [3.63, 3.8) is 0 Å². The van der Waals surface area contributed by atoms with Crippen molar-refractivity contribution in [1.82, 2.24) is 0 Å². The zero-order valence-corrected chi connectivity index (χ0v) is 12.8. The molecule has 0 atom stereocenters. The number of allylic oxidation sites excluding steroid dienone is 5. The average molecular weight is 270 g/mol. The first kappa shape index (κ1) is 16.3. The zero-order chi connectivity index (χ0) is 14.6. The summed E-state index contributed by atoms with van der Waals surface area (Å²) in [6.07, 6.45) is 12.4. The molecule has 0 aliphatic rings. The van der Waals surface area contributed by atoms with Crippen LogP contribution in [0.4, 0.5) is 0 Å². The van der Waals surface area contributed by atoms with Crippen molar-refractivity contribution in [2.45, 2.75) is 39.5 Å². The van der Waals surface area contributed by atoms with Crippen molar-refractivity contribution in [3.05, 3.63) is 66.3 Å². The summed E-state index contributed by atoms with van der Waals surface area (Å²) in [7, 11) is 0. The Labute approximate surface area is 123 Å². The summed E-state index contributed by atoms with van der Waals surface area (Å²) < 4.78 is 5.80. The number of rotatable bonds is 9. The molecule has 0 amide bonds. The van der Waals surface area contributed by atoms with Gasteiger partial charge in [0.2, 0.25) is 0 Å². The largest absolute Gasteiger partial charge is 0.494 e. The van der Waals surface area contributed by atoms with Gasteiger partial charge in [-0.15, -0.1) is 0 Å². The van der Waals surface area contributed by atoms with E-state index in [1.54, 1.807) is 0 Å². The highest BCUT2D eigenvalue weighted by Crippen LogP contribution is 2.15. The average Bonchev–Trinajstić information content (AvgIpc) is 2.49. The first-order chi connectivity index (χ1) is 9.80. The minimum atomic E-state index is 0.752. The lowest BCUT2D eigenvalue weighted by molar-refractivity contribution is 0.311. The van der Waals surface area contributed by atoms with Crippen LogP contribution in [0, 0.1) is 0 Å². The fourth-order valence-electron chi connectivity index (χ4n) is 1.96. The minimum absolute atomic E-state index is 0.752. The lowest BCUT2D eigenvalue weighted by Gasteiger charge is -2.08. The van der Waals surface area contributed by atoms with Crippen molar-refractivity contribution < 1.29 is 4.74 Å². The predicted octanol–water partition coefficient (Wildman–Crippen LogP) is 5.49. The Morgan fingerprint density at radius 2 is 2.15 bits per heavy atom. The third-order valence-electron chi connectivity index (χ3n) is 3.08. The molecule has 0 saturated heterocycles. The van der Waals surface area contributed by atoms with Gasteiger partial charge in [0.15, 0.2) is 0 Å². The highest BCUT2D eigenvalue weighted by Gasteiger charge is 1.97. The highest BCUT2D eigenvalue weighted by molar-refractivity contribution is 5.28. The van der Waals surface area contributed by atoms with Crippen LogP contribution in [0.5, 0.6) is 5.75 Å². The fraction of sp³-hybridized carbons (Fsp3) is 0.368. The molecule has 0 N–H and O–H groups in total. The molecule has 0 heterocycles. The van der Waals surface area contributed by atoms with Crippen molar-refractivity contribution in [3.8, 4) is 5.75 Å². The highest BCUT2D eigenvalue weighted by atomic mass is 16.5. The minimum Gasteiger partial charge on any atom is -0.494 e. The second-order valence-corrected chi connectivity index (χ2v) is 4.74. The molecule has 1 rings (SSSR count). The van der Waals surface area contributed by atoms with E-state index in [0.29, 0.717) is 0 Å². The van der Waals surface area contributed by atoms with Gasteiger partial charge in [0.25, 0.3) is 0 Å².